The van der Waals surface area contributed by atoms with Crippen LogP contribution in [0, 0.1) is 0 Å². The maximum absolute atomic E-state index is 12.6. The molecule has 2 rings (SSSR count). The molecule has 1 aromatic carbocycles. The first-order chi connectivity index (χ1) is 10.4. The van der Waals surface area contributed by atoms with Gasteiger partial charge in [0.1, 0.15) is 0 Å². The molecule has 2 N–H and O–H groups in total. The number of halogens is 3. The van der Waals surface area contributed by atoms with Crippen molar-refractivity contribution in [2.75, 3.05) is 6.54 Å². The van der Waals surface area contributed by atoms with Crippen molar-refractivity contribution in [1.82, 2.24) is 5.32 Å². The normalized spacial score (nSPS) is 12.9. The first-order valence-electron chi connectivity index (χ1n) is 6.50. The van der Waals surface area contributed by atoms with Gasteiger partial charge in [-0.15, -0.1) is 11.3 Å². The summed E-state index contributed by atoms with van der Waals surface area (Å²) in [6.45, 7) is -0.133. The number of alkyl halides is 3. The largest absolute Gasteiger partial charge is 0.416 e. The zero-order valence-electron chi connectivity index (χ0n) is 11.4. The van der Waals surface area contributed by atoms with Crippen molar-refractivity contribution in [1.29, 1.82) is 0 Å². The highest BCUT2D eigenvalue weighted by atomic mass is 32.1. The maximum atomic E-state index is 12.6. The van der Waals surface area contributed by atoms with Crippen molar-refractivity contribution in [2.45, 2.75) is 18.7 Å². The zero-order chi connectivity index (χ0) is 16.2. The molecule has 0 bridgehead atoms. The molecule has 0 saturated carbocycles. The van der Waals surface area contributed by atoms with Crippen molar-refractivity contribution in [3.8, 4) is 0 Å². The molecule has 7 heteroatoms. The standard InChI is InChI=1S/C15H14F3NO2S/c16-15(17,18)11-4-1-3-10(7-11)13(20)9-19-14(21)8-12-5-2-6-22-12/h1-7,13,20H,8-9H2,(H,19,21). The Morgan fingerprint density at radius 1 is 1.27 bits per heavy atom. The summed E-state index contributed by atoms with van der Waals surface area (Å²) in [5, 5.41) is 14.3. The minimum atomic E-state index is -4.46. The molecule has 2 aromatic rings. The summed E-state index contributed by atoms with van der Waals surface area (Å²) in [6, 6.07) is 8.08. The fraction of sp³-hybridized carbons (Fsp3) is 0.267. The van der Waals surface area contributed by atoms with Gasteiger partial charge in [0.25, 0.3) is 0 Å². The Morgan fingerprint density at radius 2 is 2.05 bits per heavy atom. The Balaban J connectivity index is 1.92. The number of aliphatic hydroxyl groups is 1. The molecular weight excluding hydrogens is 315 g/mol. The van der Waals surface area contributed by atoms with E-state index in [1.807, 2.05) is 17.5 Å². The van der Waals surface area contributed by atoms with Crippen LogP contribution in [0.15, 0.2) is 41.8 Å². The highest BCUT2D eigenvalue weighted by Gasteiger charge is 2.30. The quantitative estimate of drug-likeness (QED) is 0.885. The SMILES string of the molecule is O=C(Cc1cccs1)NCC(O)c1cccc(C(F)(F)F)c1. The lowest BCUT2D eigenvalue weighted by Gasteiger charge is -2.14. The van der Waals surface area contributed by atoms with E-state index in [1.165, 1.54) is 23.5 Å². The summed E-state index contributed by atoms with van der Waals surface area (Å²) < 4.78 is 37.8. The van der Waals surface area contributed by atoms with E-state index in [-0.39, 0.29) is 24.4 Å². The number of amides is 1. The number of hydrogen-bond acceptors (Lipinski definition) is 3. The van der Waals surface area contributed by atoms with E-state index in [1.54, 1.807) is 0 Å². The van der Waals surface area contributed by atoms with E-state index < -0.39 is 17.8 Å². The van der Waals surface area contributed by atoms with Gasteiger partial charge in [-0.05, 0) is 29.1 Å². The van der Waals surface area contributed by atoms with E-state index in [9.17, 15) is 23.1 Å². The molecule has 0 saturated heterocycles. The van der Waals surface area contributed by atoms with Gasteiger partial charge in [0, 0.05) is 11.4 Å². The summed E-state index contributed by atoms with van der Waals surface area (Å²) in [7, 11) is 0. The third-order valence-electron chi connectivity index (χ3n) is 3.01. The summed E-state index contributed by atoms with van der Waals surface area (Å²) in [6.07, 6.45) is -5.46. The number of thiophene rings is 1. The molecule has 22 heavy (non-hydrogen) atoms. The minimum absolute atomic E-state index is 0.117. The maximum Gasteiger partial charge on any atom is 0.416 e. The number of hydrogen-bond donors (Lipinski definition) is 2. The van der Waals surface area contributed by atoms with Crippen molar-refractivity contribution in [2.24, 2.45) is 0 Å². The molecule has 1 amide bonds. The third-order valence-corrected chi connectivity index (χ3v) is 3.88. The molecule has 0 aliphatic carbocycles. The van der Waals surface area contributed by atoms with Crippen molar-refractivity contribution in [3.63, 3.8) is 0 Å². The van der Waals surface area contributed by atoms with Crippen LogP contribution in [-0.4, -0.2) is 17.6 Å². The van der Waals surface area contributed by atoms with Crippen LogP contribution < -0.4 is 5.32 Å². The molecule has 1 heterocycles. The number of aliphatic hydroxyl groups excluding tert-OH is 1. The molecule has 0 spiro atoms. The first-order valence-corrected chi connectivity index (χ1v) is 7.38. The van der Waals surface area contributed by atoms with Crippen LogP contribution in [0.25, 0.3) is 0 Å². The van der Waals surface area contributed by atoms with Crippen LogP contribution in [0.2, 0.25) is 0 Å². The van der Waals surface area contributed by atoms with Gasteiger partial charge in [0.05, 0.1) is 18.1 Å². The van der Waals surface area contributed by atoms with Crippen LogP contribution in [0.5, 0.6) is 0 Å². The zero-order valence-corrected chi connectivity index (χ0v) is 12.2. The molecule has 0 aliphatic heterocycles. The Kier molecular flexibility index (Phi) is 5.20. The topological polar surface area (TPSA) is 49.3 Å². The highest BCUT2D eigenvalue weighted by molar-refractivity contribution is 7.10. The summed E-state index contributed by atoms with van der Waals surface area (Å²) in [5.74, 6) is -0.284. The minimum Gasteiger partial charge on any atom is -0.387 e. The number of rotatable bonds is 5. The van der Waals surface area contributed by atoms with Gasteiger partial charge in [0.2, 0.25) is 5.91 Å². The molecule has 3 nitrogen and oxygen atoms in total. The molecule has 1 atom stereocenters. The van der Waals surface area contributed by atoms with Gasteiger partial charge in [-0.1, -0.05) is 18.2 Å². The van der Waals surface area contributed by atoms with Crippen molar-refractivity contribution < 1.29 is 23.1 Å². The van der Waals surface area contributed by atoms with Crippen LogP contribution in [0.1, 0.15) is 22.1 Å². The molecular formula is C15H14F3NO2S. The average molecular weight is 329 g/mol. The molecule has 1 unspecified atom stereocenters. The van der Waals surface area contributed by atoms with Crippen LogP contribution in [0.3, 0.4) is 0 Å². The van der Waals surface area contributed by atoms with Crippen LogP contribution in [-0.2, 0) is 17.4 Å². The Morgan fingerprint density at radius 3 is 2.68 bits per heavy atom. The molecule has 0 fully saturated rings. The Bertz CT molecular complexity index is 626. The summed E-state index contributed by atoms with van der Waals surface area (Å²) in [4.78, 5) is 12.6. The first kappa shape index (κ1) is 16.5. The fourth-order valence-electron chi connectivity index (χ4n) is 1.88. The molecule has 1 aromatic heterocycles. The second-order valence-corrected chi connectivity index (χ2v) is 5.73. The predicted molar refractivity (Wildman–Crippen MR) is 77.4 cm³/mol. The monoisotopic (exact) mass is 329 g/mol. The fourth-order valence-corrected chi connectivity index (χ4v) is 2.59. The molecule has 0 aliphatic rings. The van der Waals surface area contributed by atoms with E-state index in [2.05, 4.69) is 5.32 Å². The van der Waals surface area contributed by atoms with E-state index >= 15 is 0 Å². The number of benzene rings is 1. The number of nitrogens with one attached hydrogen (secondary N) is 1. The van der Waals surface area contributed by atoms with Crippen molar-refractivity contribution in [3.05, 3.63) is 57.8 Å². The Hall–Kier alpha value is -1.86. The van der Waals surface area contributed by atoms with Gasteiger partial charge in [-0.2, -0.15) is 13.2 Å². The van der Waals surface area contributed by atoms with Crippen molar-refractivity contribution >= 4 is 17.2 Å². The number of carbonyl (C=O) groups excluding carboxylic acids is 1. The van der Waals surface area contributed by atoms with Gasteiger partial charge in [-0.3, -0.25) is 4.79 Å². The number of carbonyl (C=O) groups is 1. The van der Waals surface area contributed by atoms with E-state index in [0.29, 0.717) is 0 Å². The lowest BCUT2D eigenvalue weighted by molar-refractivity contribution is -0.137. The van der Waals surface area contributed by atoms with E-state index in [4.69, 9.17) is 0 Å². The average Bonchev–Trinajstić information content (AvgIpc) is 2.97. The smallest absolute Gasteiger partial charge is 0.387 e. The molecule has 118 valence electrons. The third kappa shape index (κ3) is 4.57. The summed E-state index contributed by atoms with van der Waals surface area (Å²) >= 11 is 1.44. The van der Waals surface area contributed by atoms with Crippen LogP contribution >= 0.6 is 11.3 Å². The van der Waals surface area contributed by atoms with Gasteiger partial charge >= 0.3 is 6.18 Å². The lowest BCUT2D eigenvalue weighted by Crippen LogP contribution is -2.29. The van der Waals surface area contributed by atoms with Gasteiger partial charge < -0.3 is 10.4 Å². The van der Waals surface area contributed by atoms with Gasteiger partial charge in [0.15, 0.2) is 0 Å². The van der Waals surface area contributed by atoms with Crippen LogP contribution in [0.4, 0.5) is 13.2 Å². The predicted octanol–water partition coefficient (Wildman–Crippen LogP) is 3.16. The molecule has 0 radical (unpaired) electrons. The second-order valence-electron chi connectivity index (χ2n) is 4.70. The summed E-state index contributed by atoms with van der Waals surface area (Å²) in [5.41, 5.74) is -0.708. The van der Waals surface area contributed by atoms with E-state index in [0.717, 1.165) is 17.0 Å². The Labute approximate surface area is 129 Å². The van der Waals surface area contributed by atoms with Gasteiger partial charge in [-0.25, -0.2) is 0 Å². The highest BCUT2D eigenvalue weighted by Crippen LogP contribution is 2.30. The lowest BCUT2D eigenvalue weighted by atomic mass is 10.1. The second kappa shape index (κ2) is 6.93.